The van der Waals surface area contributed by atoms with Gasteiger partial charge in [-0.05, 0) is 23.3 Å². The van der Waals surface area contributed by atoms with Gasteiger partial charge in [0.25, 0.3) is 5.69 Å². The summed E-state index contributed by atoms with van der Waals surface area (Å²) >= 11 is 0. The van der Waals surface area contributed by atoms with E-state index in [1.807, 2.05) is 24.3 Å². The van der Waals surface area contributed by atoms with E-state index in [2.05, 4.69) is 0 Å². The molecule has 0 aliphatic heterocycles. The molecule has 2 aromatic rings. The quantitative estimate of drug-likeness (QED) is 0.519. The highest BCUT2D eigenvalue weighted by atomic mass is 16.6. The summed E-state index contributed by atoms with van der Waals surface area (Å²) < 4.78 is 5.03. The Bertz CT molecular complexity index is 594. The number of hydrogen-bond donors (Lipinski definition) is 1. The summed E-state index contributed by atoms with van der Waals surface area (Å²) in [6.07, 6.45) is 0. The van der Waals surface area contributed by atoms with Crippen molar-refractivity contribution in [2.75, 3.05) is 12.8 Å². The van der Waals surface area contributed by atoms with Crippen LogP contribution in [0.15, 0.2) is 42.5 Å². The van der Waals surface area contributed by atoms with Crippen LogP contribution in [0.4, 0.5) is 11.4 Å². The number of hydrogen-bond acceptors (Lipinski definition) is 4. The Morgan fingerprint density at radius 2 is 1.89 bits per heavy atom. The molecule has 5 nitrogen and oxygen atoms in total. The van der Waals surface area contributed by atoms with Crippen molar-refractivity contribution in [2.24, 2.45) is 0 Å². The van der Waals surface area contributed by atoms with Crippen molar-refractivity contribution in [3.05, 3.63) is 58.1 Å². The van der Waals surface area contributed by atoms with Crippen LogP contribution in [0, 0.1) is 10.1 Å². The normalized spacial score (nSPS) is 10.4. The van der Waals surface area contributed by atoms with Gasteiger partial charge in [0.2, 0.25) is 0 Å². The number of nitrogens with two attached hydrogens (primary N) is 1. The van der Waals surface area contributed by atoms with Crippen LogP contribution in [-0.2, 0) is 11.3 Å². The molecular formula is C14H14N2O3. The first-order valence-electron chi connectivity index (χ1n) is 5.74. The minimum Gasteiger partial charge on any atom is -0.393 e. The van der Waals surface area contributed by atoms with Crippen molar-refractivity contribution in [3.63, 3.8) is 0 Å². The maximum absolute atomic E-state index is 11.1. The fraction of sp³-hybridized carbons (Fsp3) is 0.143. The highest BCUT2D eigenvalue weighted by Crippen LogP contribution is 2.34. The maximum Gasteiger partial charge on any atom is 0.299 e. The van der Waals surface area contributed by atoms with E-state index in [0.717, 1.165) is 11.1 Å². The van der Waals surface area contributed by atoms with Crippen LogP contribution in [0.1, 0.15) is 5.56 Å². The molecule has 0 saturated heterocycles. The number of nitro benzene ring substituents is 1. The zero-order chi connectivity index (χ0) is 13.8. The van der Waals surface area contributed by atoms with E-state index in [1.165, 1.54) is 6.07 Å². The van der Waals surface area contributed by atoms with Gasteiger partial charge in [-0.1, -0.05) is 30.3 Å². The summed E-state index contributed by atoms with van der Waals surface area (Å²) in [5.41, 5.74) is 8.09. The van der Waals surface area contributed by atoms with Crippen LogP contribution < -0.4 is 5.73 Å². The first kappa shape index (κ1) is 13.0. The van der Waals surface area contributed by atoms with E-state index in [4.69, 9.17) is 10.5 Å². The van der Waals surface area contributed by atoms with Crippen LogP contribution in [0.25, 0.3) is 11.1 Å². The second-order valence-electron chi connectivity index (χ2n) is 4.13. The number of nitrogen functional groups attached to an aromatic ring is 1. The van der Waals surface area contributed by atoms with Crippen molar-refractivity contribution in [1.29, 1.82) is 0 Å². The summed E-state index contributed by atoms with van der Waals surface area (Å²) in [5.74, 6) is 0. The zero-order valence-electron chi connectivity index (χ0n) is 10.5. The van der Waals surface area contributed by atoms with Crippen LogP contribution in [-0.4, -0.2) is 12.0 Å². The Kier molecular flexibility index (Phi) is 3.77. The lowest BCUT2D eigenvalue weighted by atomic mass is 10.0. The van der Waals surface area contributed by atoms with E-state index in [0.29, 0.717) is 12.2 Å². The molecule has 0 aliphatic carbocycles. The molecule has 0 atom stereocenters. The van der Waals surface area contributed by atoms with Gasteiger partial charge in [-0.2, -0.15) is 0 Å². The number of para-hydroxylation sites is 1. The number of ether oxygens (including phenoxy) is 1. The molecule has 2 aromatic carbocycles. The molecule has 0 fully saturated rings. The topological polar surface area (TPSA) is 78.4 Å². The number of rotatable bonds is 4. The summed E-state index contributed by atoms with van der Waals surface area (Å²) in [7, 11) is 1.62. The van der Waals surface area contributed by atoms with Crippen LogP contribution in [0.5, 0.6) is 0 Å². The molecule has 5 heteroatoms. The lowest BCUT2D eigenvalue weighted by Crippen LogP contribution is -1.98. The summed E-state index contributed by atoms with van der Waals surface area (Å²) in [5, 5.41) is 11.1. The van der Waals surface area contributed by atoms with Crippen molar-refractivity contribution in [1.82, 2.24) is 0 Å². The SMILES string of the molecule is COCc1ccc(-c2cccc(N)c2[N+](=O)[O-])cc1. The van der Waals surface area contributed by atoms with Gasteiger partial charge in [0.05, 0.1) is 17.1 Å². The van der Waals surface area contributed by atoms with Crippen LogP contribution in [0.2, 0.25) is 0 Å². The smallest absolute Gasteiger partial charge is 0.299 e. The molecule has 0 aromatic heterocycles. The van der Waals surface area contributed by atoms with Gasteiger partial charge >= 0.3 is 0 Å². The standard InChI is InChI=1S/C14H14N2O3/c1-19-9-10-5-7-11(8-6-10)12-3-2-4-13(15)14(12)16(17)18/h2-8H,9,15H2,1H3. The molecule has 0 aliphatic rings. The van der Waals surface area contributed by atoms with Crippen molar-refractivity contribution in [2.45, 2.75) is 6.61 Å². The Labute approximate surface area is 110 Å². The van der Waals surface area contributed by atoms with Crippen LogP contribution in [0.3, 0.4) is 0 Å². The minimum atomic E-state index is -0.451. The maximum atomic E-state index is 11.1. The monoisotopic (exact) mass is 258 g/mol. The van der Waals surface area contributed by atoms with Gasteiger partial charge in [0.1, 0.15) is 5.69 Å². The average molecular weight is 258 g/mol. The molecule has 0 spiro atoms. The number of anilines is 1. The lowest BCUT2D eigenvalue weighted by Gasteiger charge is -2.06. The number of nitrogens with zero attached hydrogens (tertiary/aromatic N) is 1. The van der Waals surface area contributed by atoms with Crippen molar-refractivity contribution < 1.29 is 9.66 Å². The summed E-state index contributed by atoms with van der Waals surface area (Å²) in [6, 6.07) is 12.4. The average Bonchev–Trinajstić information content (AvgIpc) is 2.39. The van der Waals surface area contributed by atoms with Gasteiger partial charge in [0, 0.05) is 7.11 Å². The minimum absolute atomic E-state index is 0.0537. The Hall–Kier alpha value is -2.40. The predicted octanol–water partition coefficient (Wildman–Crippen LogP) is 2.99. The third-order valence-corrected chi connectivity index (χ3v) is 2.83. The van der Waals surface area contributed by atoms with Crippen LogP contribution >= 0.6 is 0 Å². The highest BCUT2D eigenvalue weighted by molar-refractivity contribution is 5.81. The summed E-state index contributed by atoms with van der Waals surface area (Å²) in [6.45, 7) is 0.513. The van der Waals surface area contributed by atoms with E-state index >= 15 is 0 Å². The number of methoxy groups -OCH3 is 1. The highest BCUT2D eigenvalue weighted by Gasteiger charge is 2.18. The largest absolute Gasteiger partial charge is 0.393 e. The van der Waals surface area contributed by atoms with Gasteiger partial charge in [-0.25, -0.2) is 0 Å². The Morgan fingerprint density at radius 1 is 1.21 bits per heavy atom. The molecule has 0 amide bonds. The van der Waals surface area contributed by atoms with Gasteiger partial charge < -0.3 is 10.5 Å². The zero-order valence-corrected chi connectivity index (χ0v) is 10.5. The van der Waals surface area contributed by atoms with Gasteiger partial charge in [-0.15, -0.1) is 0 Å². The molecule has 98 valence electrons. The molecule has 0 bridgehead atoms. The molecule has 2 N–H and O–H groups in total. The summed E-state index contributed by atoms with van der Waals surface area (Å²) in [4.78, 5) is 10.6. The third-order valence-electron chi connectivity index (χ3n) is 2.83. The fourth-order valence-corrected chi connectivity index (χ4v) is 1.95. The van der Waals surface area contributed by atoms with E-state index in [-0.39, 0.29) is 11.4 Å². The van der Waals surface area contributed by atoms with Crippen molar-refractivity contribution >= 4 is 11.4 Å². The van der Waals surface area contributed by atoms with E-state index in [1.54, 1.807) is 19.2 Å². The third kappa shape index (κ3) is 2.71. The van der Waals surface area contributed by atoms with E-state index < -0.39 is 4.92 Å². The van der Waals surface area contributed by atoms with Gasteiger partial charge in [-0.3, -0.25) is 10.1 Å². The molecule has 0 saturated carbocycles. The lowest BCUT2D eigenvalue weighted by molar-refractivity contribution is -0.383. The first-order valence-corrected chi connectivity index (χ1v) is 5.74. The Balaban J connectivity index is 2.47. The molecule has 0 radical (unpaired) electrons. The second-order valence-corrected chi connectivity index (χ2v) is 4.13. The molecular weight excluding hydrogens is 244 g/mol. The molecule has 2 rings (SSSR count). The van der Waals surface area contributed by atoms with Gasteiger partial charge in [0.15, 0.2) is 0 Å². The fourth-order valence-electron chi connectivity index (χ4n) is 1.95. The van der Waals surface area contributed by atoms with E-state index in [9.17, 15) is 10.1 Å². The molecule has 0 heterocycles. The number of benzene rings is 2. The first-order chi connectivity index (χ1) is 9.13. The Morgan fingerprint density at radius 3 is 2.47 bits per heavy atom. The number of nitro groups is 1. The second kappa shape index (κ2) is 5.49. The van der Waals surface area contributed by atoms with Crippen molar-refractivity contribution in [3.8, 4) is 11.1 Å². The molecule has 19 heavy (non-hydrogen) atoms. The molecule has 0 unspecified atom stereocenters. The predicted molar refractivity (Wildman–Crippen MR) is 73.7 cm³/mol.